The van der Waals surface area contributed by atoms with Crippen molar-refractivity contribution in [3.63, 3.8) is 0 Å². The summed E-state index contributed by atoms with van der Waals surface area (Å²) in [6.45, 7) is 2.43. The Balaban J connectivity index is 1.56. The van der Waals surface area contributed by atoms with E-state index in [1.165, 1.54) is 16.7 Å². The molecule has 2 aromatic rings. The minimum Gasteiger partial charge on any atom is -0.350 e. The van der Waals surface area contributed by atoms with Crippen LogP contribution in [0, 0.1) is 0 Å². The number of amides is 1. The van der Waals surface area contributed by atoms with Gasteiger partial charge in [-0.05, 0) is 36.1 Å². The summed E-state index contributed by atoms with van der Waals surface area (Å²) in [7, 11) is 0. The number of rotatable bonds is 3. The first-order valence-electron chi connectivity index (χ1n) is 9.10. The molecule has 0 bridgehead atoms. The molecule has 1 fully saturated rings. The lowest BCUT2D eigenvalue weighted by atomic mass is 9.87. The van der Waals surface area contributed by atoms with Gasteiger partial charge in [0.15, 0.2) is 0 Å². The third-order valence-corrected chi connectivity index (χ3v) is 5.52. The lowest BCUT2D eigenvalue weighted by Crippen LogP contribution is -2.55. The average molecular weight is 332 g/mol. The molecule has 1 amide bonds. The number of benzene rings is 2. The predicted molar refractivity (Wildman–Crippen MR) is 101 cm³/mol. The third-order valence-electron chi connectivity index (χ3n) is 5.52. The summed E-state index contributed by atoms with van der Waals surface area (Å²) in [6.07, 6.45) is 7.16. The molecule has 2 aliphatic rings. The van der Waals surface area contributed by atoms with Gasteiger partial charge in [0.2, 0.25) is 5.91 Å². The smallest absolute Gasteiger partial charge is 0.241 e. The predicted octanol–water partition coefficient (Wildman–Crippen LogP) is 3.41. The van der Waals surface area contributed by atoms with Crippen LogP contribution in [0.25, 0.3) is 6.08 Å². The molecule has 0 aliphatic carbocycles. The largest absolute Gasteiger partial charge is 0.350 e. The van der Waals surface area contributed by atoms with Crippen molar-refractivity contribution in [1.82, 2.24) is 10.2 Å². The van der Waals surface area contributed by atoms with Crippen molar-refractivity contribution in [3.8, 4) is 0 Å². The Kier molecular flexibility index (Phi) is 4.41. The molecule has 0 saturated carbocycles. The Morgan fingerprint density at radius 2 is 1.80 bits per heavy atom. The van der Waals surface area contributed by atoms with E-state index in [9.17, 15) is 4.79 Å². The summed E-state index contributed by atoms with van der Waals surface area (Å²) in [6, 6.07) is 18.8. The minimum atomic E-state index is -0.395. The highest BCUT2D eigenvalue weighted by atomic mass is 16.2. The molecule has 1 saturated heterocycles. The van der Waals surface area contributed by atoms with Gasteiger partial charge in [0.25, 0.3) is 0 Å². The van der Waals surface area contributed by atoms with Crippen molar-refractivity contribution in [2.75, 3.05) is 13.1 Å². The summed E-state index contributed by atoms with van der Waals surface area (Å²) >= 11 is 0. The van der Waals surface area contributed by atoms with Crippen molar-refractivity contribution >= 4 is 12.0 Å². The van der Waals surface area contributed by atoms with Crippen molar-refractivity contribution in [1.29, 1.82) is 0 Å². The topological polar surface area (TPSA) is 32.3 Å². The van der Waals surface area contributed by atoms with Crippen LogP contribution in [0.3, 0.4) is 0 Å². The fourth-order valence-corrected chi connectivity index (χ4v) is 4.18. The average Bonchev–Trinajstić information content (AvgIpc) is 2.98. The summed E-state index contributed by atoms with van der Waals surface area (Å²) in [4.78, 5) is 15.3. The quantitative estimate of drug-likeness (QED) is 0.934. The van der Waals surface area contributed by atoms with E-state index in [4.69, 9.17) is 0 Å². The van der Waals surface area contributed by atoms with Crippen LogP contribution in [0.2, 0.25) is 0 Å². The first kappa shape index (κ1) is 16.1. The van der Waals surface area contributed by atoms with Crippen LogP contribution in [0.5, 0.6) is 0 Å². The molecule has 2 heterocycles. The van der Waals surface area contributed by atoms with Crippen LogP contribution in [-0.2, 0) is 17.8 Å². The number of hydrogen-bond acceptors (Lipinski definition) is 2. The molecule has 1 unspecified atom stereocenters. The van der Waals surface area contributed by atoms with Crippen molar-refractivity contribution < 1.29 is 4.79 Å². The Morgan fingerprint density at radius 3 is 2.64 bits per heavy atom. The maximum atomic E-state index is 13.0. The summed E-state index contributed by atoms with van der Waals surface area (Å²) < 4.78 is 0. The van der Waals surface area contributed by atoms with Gasteiger partial charge in [0.05, 0.1) is 0 Å². The Bertz CT molecular complexity index is 784. The van der Waals surface area contributed by atoms with E-state index >= 15 is 0 Å². The van der Waals surface area contributed by atoms with E-state index in [-0.39, 0.29) is 5.91 Å². The zero-order valence-corrected chi connectivity index (χ0v) is 14.4. The fraction of sp³-hybridized carbons (Fsp3) is 0.318. The molecular weight excluding hydrogens is 308 g/mol. The monoisotopic (exact) mass is 332 g/mol. The standard InChI is InChI=1S/C22H24N2O/c25-21-22(16-19-11-4-5-12-20(19)17-23-21)13-7-15-24(22)14-6-10-18-8-2-1-3-9-18/h1-6,8-12H,7,13-17H2,(H,23,25)/b10-6+. The number of nitrogens with one attached hydrogen (secondary N) is 1. The van der Waals surface area contributed by atoms with E-state index in [0.717, 1.165) is 32.4 Å². The van der Waals surface area contributed by atoms with Gasteiger partial charge in [0, 0.05) is 19.5 Å². The normalized spacial score (nSPS) is 23.6. The summed E-state index contributed by atoms with van der Waals surface area (Å²) in [5, 5.41) is 3.17. The molecule has 3 nitrogen and oxygen atoms in total. The summed E-state index contributed by atoms with van der Waals surface area (Å²) in [5.41, 5.74) is 3.36. The fourth-order valence-electron chi connectivity index (χ4n) is 4.18. The molecule has 25 heavy (non-hydrogen) atoms. The molecule has 1 atom stereocenters. The van der Waals surface area contributed by atoms with Gasteiger partial charge in [-0.3, -0.25) is 9.69 Å². The second-order valence-corrected chi connectivity index (χ2v) is 7.02. The number of nitrogens with zero attached hydrogens (tertiary/aromatic N) is 1. The van der Waals surface area contributed by atoms with Gasteiger partial charge in [-0.25, -0.2) is 0 Å². The summed E-state index contributed by atoms with van der Waals surface area (Å²) in [5.74, 6) is 0.189. The van der Waals surface area contributed by atoms with Gasteiger partial charge in [-0.15, -0.1) is 0 Å². The molecule has 4 rings (SSSR count). The van der Waals surface area contributed by atoms with Gasteiger partial charge >= 0.3 is 0 Å². The minimum absolute atomic E-state index is 0.189. The first-order valence-corrected chi connectivity index (χ1v) is 9.10. The number of likely N-dealkylation sites (tertiary alicyclic amines) is 1. The number of hydrogen-bond donors (Lipinski definition) is 1. The zero-order chi connectivity index (χ0) is 17.1. The van der Waals surface area contributed by atoms with Crippen molar-refractivity contribution in [3.05, 3.63) is 77.4 Å². The molecular formula is C22H24N2O. The van der Waals surface area contributed by atoms with E-state index in [0.29, 0.717) is 6.54 Å². The number of carbonyl (C=O) groups is 1. The van der Waals surface area contributed by atoms with E-state index in [1.54, 1.807) is 0 Å². The highest BCUT2D eigenvalue weighted by Gasteiger charge is 2.47. The van der Waals surface area contributed by atoms with E-state index in [2.05, 4.69) is 58.8 Å². The number of carbonyl (C=O) groups excluding carboxylic acids is 1. The second kappa shape index (κ2) is 6.85. The van der Waals surface area contributed by atoms with Crippen LogP contribution in [0.15, 0.2) is 60.7 Å². The van der Waals surface area contributed by atoms with Crippen LogP contribution < -0.4 is 5.32 Å². The maximum absolute atomic E-state index is 13.0. The van der Waals surface area contributed by atoms with Crippen LogP contribution in [-0.4, -0.2) is 29.4 Å². The van der Waals surface area contributed by atoms with Crippen LogP contribution in [0.1, 0.15) is 29.5 Å². The molecule has 128 valence electrons. The van der Waals surface area contributed by atoms with Crippen molar-refractivity contribution in [2.24, 2.45) is 0 Å². The van der Waals surface area contributed by atoms with E-state index < -0.39 is 5.54 Å². The van der Waals surface area contributed by atoms with Crippen molar-refractivity contribution in [2.45, 2.75) is 31.3 Å². The third kappa shape index (κ3) is 3.12. The highest BCUT2D eigenvalue weighted by Crippen LogP contribution is 2.35. The number of fused-ring (bicyclic) bond motifs is 1. The Labute approximate surface area is 149 Å². The second-order valence-electron chi connectivity index (χ2n) is 7.02. The molecule has 0 aromatic heterocycles. The first-order chi connectivity index (χ1) is 12.3. The molecule has 2 aliphatic heterocycles. The zero-order valence-electron chi connectivity index (χ0n) is 14.4. The molecule has 1 N–H and O–H groups in total. The Hall–Kier alpha value is -2.39. The highest BCUT2D eigenvalue weighted by molar-refractivity contribution is 5.87. The van der Waals surface area contributed by atoms with Gasteiger partial charge < -0.3 is 5.32 Å². The molecule has 3 heteroatoms. The molecule has 1 spiro atoms. The van der Waals surface area contributed by atoms with Gasteiger partial charge in [0.1, 0.15) is 5.54 Å². The molecule has 2 aromatic carbocycles. The van der Waals surface area contributed by atoms with Gasteiger partial charge in [-0.2, -0.15) is 0 Å². The maximum Gasteiger partial charge on any atom is 0.241 e. The van der Waals surface area contributed by atoms with Gasteiger partial charge in [-0.1, -0.05) is 66.7 Å². The van der Waals surface area contributed by atoms with Crippen LogP contribution in [0.4, 0.5) is 0 Å². The lowest BCUT2D eigenvalue weighted by Gasteiger charge is -2.35. The molecule has 0 radical (unpaired) electrons. The van der Waals surface area contributed by atoms with Crippen LogP contribution >= 0.6 is 0 Å². The SMILES string of the molecule is O=C1NCc2ccccc2CC12CCCN2C/C=C/c1ccccc1. The Morgan fingerprint density at radius 1 is 1.04 bits per heavy atom. The van der Waals surface area contributed by atoms with E-state index in [1.807, 2.05) is 18.2 Å². The lowest BCUT2D eigenvalue weighted by molar-refractivity contribution is -0.131.